The maximum absolute atomic E-state index is 10.9. The van der Waals surface area contributed by atoms with Crippen LogP contribution in [0.2, 0.25) is 0 Å². The molecule has 0 aliphatic rings. The third kappa shape index (κ3) is 3.21. The average molecular weight is 320 g/mol. The summed E-state index contributed by atoms with van der Waals surface area (Å²) in [6, 6.07) is 16.3. The summed E-state index contributed by atoms with van der Waals surface area (Å²) in [5.41, 5.74) is 5.76. The quantitative estimate of drug-likeness (QED) is 0.718. The minimum atomic E-state index is 0.253. The molecule has 0 saturated heterocycles. The molecule has 3 nitrogen and oxygen atoms in total. The first-order valence-corrected chi connectivity index (χ1v) is 8.39. The van der Waals surface area contributed by atoms with Gasteiger partial charge >= 0.3 is 0 Å². The van der Waals surface area contributed by atoms with Crippen LogP contribution in [-0.2, 0) is 6.54 Å². The largest absolute Gasteiger partial charge is 0.504 e. The molecular formula is C21H24N2O. The SMILES string of the molecule is Cc1ccc(-c2nn(CC(C)C)c(-c3ccc(C)cc3)c2O)cc1. The Morgan fingerprint density at radius 1 is 0.875 bits per heavy atom. The Kier molecular flexibility index (Phi) is 4.43. The van der Waals surface area contributed by atoms with Crippen molar-refractivity contribution in [3.63, 3.8) is 0 Å². The Morgan fingerprint density at radius 3 is 1.88 bits per heavy atom. The lowest BCUT2D eigenvalue weighted by Gasteiger charge is -2.10. The topological polar surface area (TPSA) is 38.0 Å². The van der Waals surface area contributed by atoms with E-state index in [0.29, 0.717) is 11.6 Å². The third-order valence-corrected chi connectivity index (χ3v) is 4.12. The minimum absolute atomic E-state index is 0.253. The Balaban J connectivity index is 2.15. The number of rotatable bonds is 4. The summed E-state index contributed by atoms with van der Waals surface area (Å²) >= 11 is 0. The van der Waals surface area contributed by atoms with E-state index in [9.17, 15) is 5.11 Å². The van der Waals surface area contributed by atoms with Crippen molar-refractivity contribution in [2.24, 2.45) is 5.92 Å². The monoisotopic (exact) mass is 320 g/mol. The molecule has 0 fully saturated rings. The van der Waals surface area contributed by atoms with Crippen molar-refractivity contribution in [2.45, 2.75) is 34.2 Å². The third-order valence-electron chi connectivity index (χ3n) is 4.12. The van der Waals surface area contributed by atoms with Crippen molar-refractivity contribution in [1.29, 1.82) is 0 Å². The molecule has 0 aliphatic carbocycles. The molecule has 3 rings (SSSR count). The van der Waals surface area contributed by atoms with Gasteiger partial charge in [-0.15, -0.1) is 0 Å². The number of nitrogens with zero attached hydrogens (tertiary/aromatic N) is 2. The average Bonchev–Trinajstić information content (AvgIpc) is 2.85. The van der Waals surface area contributed by atoms with Gasteiger partial charge in [-0.2, -0.15) is 5.10 Å². The number of aromatic nitrogens is 2. The molecule has 1 aromatic heterocycles. The van der Waals surface area contributed by atoms with Crippen LogP contribution in [0.1, 0.15) is 25.0 Å². The van der Waals surface area contributed by atoms with E-state index >= 15 is 0 Å². The molecule has 0 bridgehead atoms. The van der Waals surface area contributed by atoms with Gasteiger partial charge in [-0.1, -0.05) is 73.5 Å². The van der Waals surface area contributed by atoms with Crippen molar-refractivity contribution in [2.75, 3.05) is 0 Å². The van der Waals surface area contributed by atoms with Crippen LogP contribution in [0.3, 0.4) is 0 Å². The molecule has 0 radical (unpaired) electrons. The summed E-state index contributed by atoms with van der Waals surface area (Å²) in [6.07, 6.45) is 0. The zero-order valence-electron chi connectivity index (χ0n) is 14.7. The highest BCUT2D eigenvalue weighted by atomic mass is 16.3. The molecule has 24 heavy (non-hydrogen) atoms. The molecular weight excluding hydrogens is 296 g/mol. The second-order valence-electron chi connectivity index (χ2n) is 6.85. The minimum Gasteiger partial charge on any atom is -0.504 e. The molecule has 124 valence electrons. The summed E-state index contributed by atoms with van der Waals surface area (Å²) in [6.45, 7) is 9.19. The van der Waals surface area contributed by atoms with Crippen LogP contribution >= 0.6 is 0 Å². The molecule has 0 spiro atoms. The summed E-state index contributed by atoms with van der Waals surface area (Å²) in [7, 11) is 0. The van der Waals surface area contributed by atoms with E-state index in [0.717, 1.165) is 23.4 Å². The predicted octanol–water partition coefficient (Wildman–Crippen LogP) is 5.20. The fourth-order valence-corrected chi connectivity index (χ4v) is 2.83. The van der Waals surface area contributed by atoms with E-state index in [1.165, 1.54) is 11.1 Å². The van der Waals surface area contributed by atoms with Crippen LogP contribution in [0.4, 0.5) is 0 Å². The Bertz CT molecular complexity index is 828. The van der Waals surface area contributed by atoms with Gasteiger partial charge in [-0.3, -0.25) is 4.68 Å². The molecule has 3 heteroatoms. The number of aryl methyl sites for hydroxylation is 2. The van der Waals surface area contributed by atoms with Crippen LogP contribution in [0.5, 0.6) is 5.75 Å². The zero-order valence-corrected chi connectivity index (χ0v) is 14.7. The first kappa shape index (κ1) is 16.3. The lowest BCUT2D eigenvalue weighted by Crippen LogP contribution is -2.07. The lowest BCUT2D eigenvalue weighted by atomic mass is 10.1. The normalized spacial score (nSPS) is 11.2. The molecule has 0 unspecified atom stereocenters. The van der Waals surface area contributed by atoms with Gasteiger partial charge < -0.3 is 5.11 Å². The lowest BCUT2D eigenvalue weighted by molar-refractivity contribution is 0.468. The van der Waals surface area contributed by atoms with Crippen LogP contribution in [0.25, 0.3) is 22.5 Å². The second-order valence-corrected chi connectivity index (χ2v) is 6.85. The van der Waals surface area contributed by atoms with Gasteiger partial charge in [-0.25, -0.2) is 0 Å². The van der Waals surface area contributed by atoms with Crippen molar-refractivity contribution < 1.29 is 5.11 Å². The number of aromatic hydroxyl groups is 1. The van der Waals surface area contributed by atoms with Gasteiger partial charge in [0.1, 0.15) is 11.4 Å². The summed E-state index contributed by atoms with van der Waals surface area (Å²) < 4.78 is 1.93. The van der Waals surface area contributed by atoms with E-state index in [2.05, 4.69) is 39.8 Å². The highest BCUT2D eigenvalue weighted by Gasteiger charge is 2.20. The van der Waals surface area contributed by atoms with Gasteiger partial charge in [0.2, 0.25) is 0 Å². The summed E-state index contributed by atoms with van der Waals surface area (Å²) in [5, 5.41) is 15.6. The fourth-order valence-electron chi connectivity index (χ4n) is 2.83. The summed E-state index contributed by atoms with van der Waals surface area (Å²) in [5.74, 6) is 0.697. The highest BCUT2D eigenvalue weighted by molar-refractivity contribution is 5.78. The smallest absolute Gasteiger partial charge is 0.169 e. The van der Waals surface area contributed by atoms with Crippen molar-refractivity contribution >= 4 is 0 Å². The molecule has 2 aromatic carbocycles. The molecule has 0 atom stereocenters. The first-order chi connectivity index (χ1) is 11.5. The summed E-state index contributed by atoms with van der Waals surface area (Å²) in [4.78, 5) is 0. The Hall–Kier alpha value is -2.55. The van der Waals surface area contributed by atoms with Gasteiger partial charge in [0.25, 0.3) is 0 Å². The van der Waals surface area contributed by atoms with Crippen LogP contribution in [0.15, 0.2) is 48.5 Å². The molecule has 0 aliphatic heterocycles. The van der Waals surface area contributed by atoms with Gasteiger partial charge in [0.05, 0.1) is 0 Å². The van der Waals surface area contributed by atoms with Crippen molar-refractivity contribution in [3.05, 3.63) is 59.7 Å². The second kappa shape index (κ2) is 6.52. The van der Waals surface area contributed by atoms with Crippen LogP contribution in [0, 0.1) is 19.8 Å². The molecule has 0 saturated carbocycles. The number of hydrogen-bond donors (Lipinski definition) is 1. The Morgan fingerprint density at radius 2 is 1.38 bits per heavy atom. The molecule has 1 N–H and O–H groups in total. The molecule has 0 amide bonds. The Labute approximate surface area is 143 Å². The van der Waals surface area contributed by atoms with Gasteiger partial charge in [-0.05, 0) is 19.8 Å². The van der Waals surface area contributed by atoms with E-state index in [1.54, 1.807) is 0 Å². The highest BCUT2D eigenvalue weighted by Crippen LogP contribution is 2.38. The molecule has 1 heterocycles. The maximum Gasteiger partial charge on any atom is 0.169 e. The van der Waals surface area contributed by atoms with Crippen molar-refractivity contribution in [1.82, 2.24) is 9.78 Å². The molecule has 3 aromatic rings. The zero-order chi connectivity index (χ0) is 17.3. The maximum atomic E-state index is 10.9. The van der Waals surface area contributed by atoms with E-state index in [1.807, 2.05) is 41.1 Å². The van der Waals surface area contributed by atoms with E-state index in [-0.39, 0.29) is 5.75 Å². The standard InChI is InChI=1S/C21H24N2O/c1-14(2)13-23-20(18-11-7-16(4)8-12-18)21(24)19(22-23)17-9-5-15(3)6-10-17/h5-12,14,24H,13H2,1-4H3. The number of hydrogen-bond acceptors (Lipinski definition) is 2. The van der Waals surface area contributed by atoms with E-state index < -0.39 is 0 Å². The first-order valence-electron chi connectivity index (χ1n) is 8.39. The van der Waals surface area contributed by atoms with Crippen LogP contribution in [-0.4, -0.2) is 14.9 Å². The van der Waals surface area contributed by atoms with E-state index in [4.69, 9.17) is 5.10 Å². The fraction of sp³-hybridized carbons (Fsp3) is 0.286. The number of benzene rings is 2. The van der Waals surface area contributed by atoms with Gasteiger partial charge in [0, 0.05) is 17.7 Å². The van der Waals surface area contributed by atoms with Crippen LogP contribution < -0.4 is 0 Å². The van der Waals surface area contributed by atoms with Crippen molar-refractivity contribution in [3.8, 4) is 28.3 Å². The van der Waals surface area contributed by atoms with Gasteiger partial charge in [0.15, 0.2) is 5.75 Å². The predicted molar refractivity (Wildman–Crippen MR) is 99.1 cm³/mol.